The molecule has 5 rings (SSSR count). The maximum absolute atomic E-state index is 14.0. The Bertz CT molecular complexity index is 1340. The fourth-order valence-corrected chi connectivity index (χ4v) is 5.33. The van der Waals surface area contributed by atoms with Gasteiger partial charge in [0.25, 0.3) is 0 Å². The van der Waals surface area contributed by atoms with Gasteiger partial charge in [0.15, 0.2) is 11.2 Å². The molecule has 0 bridgehead atoms. The first kappa shape index (κ1) is 21.1. The lowest BCUT2D eigenvalue weighted by molar-refractivity contribution is 0.0951. The highest BCUT2D eigenvalue weighted by Gasteiger charge is 2.63. The van der Waals surface area contributed by atoms with Gasteiger partial charge in [-0.3, -0.25) is 4.79 Å². The third-order valence-corrected chi connectivity index (χ3v) is 7.07. The van der Waals surface area contributed by atoms with Crippen molar-refractivity contribution in [1.29, 1.82) is 10.5 Å². The Kier molecular flexibility index (Phi) is 5.12. The number of nitrogens with zero attached hydrogens (tertiary/aromatic N) is 3. The molecule has 0 aromatic heterocycles. The highest BCUT2D eigenvalue weighted by molar-refractivity contribution is 9.10. The summed E-state index contributed by atoms with van der Waals surface area (Å²) in [5.41, 5.74) is 1.22. The molecule has 6 heteroatoms. The molecule has 2 aliphatic heterocycles. The van der Waals surface area contributed by atoms with Gasteiger partial charge in [-0.1, -0.05) is 70.5 Å². The van der Waals surface area contributed by atoms with Crippen LogP contribution in [0, 0.1) is 33.9 Å². The van der Waals surface area contributed by atoms with Crippen LogP contribution in [-0.4, -0.2) is 17.9 Å². The normalized spacial score (nSPS) is 22.1. The topological polar surface area (TPSA) is 67.9 Å². The second-order valence-electron chi connectivity index (χ2n) is 8.21. The summed E-state index contributed by atoms with van der Waals surface area (Å²) < 4.78 is 14.6. The fourth-order valence-electron chi connectivity index (χ4n) is 5.06. The van der Waals surface area contributed by atoms with E-state index in [9.17, 15) is 19.7 Å². The van der Waals surface area contributed by atoms with Crippen LogP contribution in [0.1, 0.15) is 27.4 Å². The summed E-state index contributed by atoms with van der Waals surface area (Å²) in [6, 6.07) is 23.5. The zero-order valence-electron chi connectivity index (χ0n) is 17.3. The summed E-state index contributed by atoms with van der Waals surface area (Å²) in [5.74, 6) is -1.40. The van der Waals surface area contributed by atoms with Crippen LogP contribution in [0.5, 0.6) is 0 Å². The van der Waals surface area contributed by atoms with Gasteiger partial charge in [-0.25, -0.2) is 4.39 Å². The van der Waals surface area contributed by atoms with Gasteiger partial charge in [0.05, 0.1) is 18.2 Å². The van der Waals surface area contributed by atoms with Gasteiger partial charge >= 0.3 is 0 Å². The molecule has 3 atom stereocenters. The SMILES string of the molecule is N#CC1(C#N)[C@@H](c2ccc(F)cc2)[C@H](C(=O)c2ccc(Br)cc2)N2c3ccccc3C=C[C@@H]21. The van der Waals surface area contributed by atoms with E-state index in [4.69, 9.17) is 0 Å². The van der Waals surface area contributed by atoms with Gasteiger partial charge in [0.1, 0.15) is 11.9 Å². The number of Topliss-reactive ketones (excluding diaryl/α,β-unsaturated/α-hetero) is 1. The van der Waals surface area contributed by atoms with Crippen LogP contribution in [0.15, 0.2) is 83.3 Å². The summed E-state index contributed by atoms with van der Waals surface area (Å²) in [6.45, 7) is 0. The Morgan fingerprint density at radius 3 is 2.30 bits per heavy atom. The molecule has 0 amide bonds. The molecule has 160 valence electrons. The third-order valence-electron chi connectivity index (χ3n) is 6.54. The molecule has 0 N–H and O–H groups in total. The summed E-state index contributed by atoms with van der Waals surface area (Å²) >= 11 is 3.40. The summed E-state index contributed by atoms with van der Waals surface area (Å²) in [7, 11) is 0. The zero-order valence-corrected chi connectivity index (χ0v) is 18.9. The number of benzene rings is 3. The fraction of sp³-hybridized carbons (Fsp3) is 0.148. The number of nitriles is 2. The molecule has 0 unspecified atom stereocenters. The van der Waals surface area contributed by atoms with Gasteiger partial charge in [0.2, 0.25) is 0 Å². The second-order valence-corrected chi connectivity index (χ2v) is 9.12. The summed E-state index contributed by atoms with van der Waals surface area (Å²) in [6.07, 6.45) is 3.73. The minimum absolute atomic E-state index is 0.195. The lowest BCUT2D eigenvalue weighted by Crippen LogP contribution is -2.44. The number of para-hydroxylation sites is 1. The number of fused-ring (bicyclic) bond motifs is 3. The van der Waals surface area contributed by atoms with Crippen LogP contribution in [-0.2, 0) is 0 Å². The van der Waals surface area contributed by atoms with Crippen LogP contribution in [0.2, 0.25) is 0 Å². The molecule has 3 aromatic rings. The van der Waals surface area contributed by atoms with E-state index < -0.39 is 29.2 Å². The van der Waals surface area contributed by atoms with E-state index in [1.807, 2.05) is 41.3 Å². The Hall–Kier alpha value is -3.74. The molecule has 3 aromatic carbocycles. The largest absolute Gasteiger partial charge is 0.351 e. The summed E-state index contributed by atoms with van der Waals surface area (Å²) in [4.78, 5) is 15.9. The van der Waals surface area contributed by atoms with Crippen molar-refractivity contribution in [1.82, 2.24) is 0 Å². The Balaban J connectivity index is 1.78. The van der Waals surface area contributed by atoms with Crippen molar-refractivity contribution < 1.29 is 9.18 Å². The monoisotopic (exact) mass is 497 g/mol. The van der Waals surface area contributed by atoms with Gasteiger partial charge in [-0.15, -0.1) is 0 Å². The van der Waals surface area contributed by atoms with Crippen LogP contribution < -0.4 is 4.90 Å². The predicted octanol–water partition coefficient (Wildman–Crippen LogP) is 5.87. The van der Waals surface area contributed by atoms with E-state index in [0.29, 0.717) is 11.1 Å². The van der Waals surface area contributed by atoms with Crippen molar-refractivity contribution in [2.45, 2.75) is 18.0 Å². The Morgan fingerprint density at radius 2 is 1.64 bits per heavy atom. The van der Waals surface area contributed by atoms with Crippen LogP contribution >= 0.6 is 15.9 Å². The van der Waals surface area contributed by atoms with Gasteiger partial charge < -0.3 is 4.90 Å². The van der Waals surface area contributed by atoms with E-state index in [1.54, 1.807) is 36.4 Å². The first-order valence-corrected chi connectivity index (χ1v) is 11.2. The number of halogens is 2. The number of hydrogen-bond acceptors (Lipinski definition) is 4. The van der Waals surface area contributed by atoms with Crippen LogP contribution in [0.4, 0.5) is 10.1 Å². The van der Waals surface area contributed by atoms with Gasteiger partial charge in [-0.05, 0) is 41.5 Å². The quantitative estimate of drug-likeness (QED) is 0.424. The number of carbonyl (C=O) groups excluding carboxylic acids is 1. The molecule has 0 radical (unpaired) electrons. The molecule has 2 heterocycles. The number of anilines is 1. The first-order valence-electron chi connectivity index (χ1n) is 10.4. The van der Waals surface area contributed by atoms with E-state index in [1.165, 1.54) is 12.1 Å². The smallest absolute Gasteiger partial charge is 0.185 e. The molecule has 2 aliphatic rings. The lowest BCUT2D eigenvalue weighted by Gasteiger charge is -2.35. The van der Waals surface area contributed by atoms with Crippen LogP contribution in [0.3, 0.4) is 0 Å². The molecule has 0 aliphatic carbocycles. The lowest BCUT2D eigenvalue weighted by atomic mass is 9.69. The van der Waals surface area contributed by atoms with Crippen molar-refractivity contribution in [3.8, 4) is 12.1 Å². The molecule has 4 nitrogen and oxygen atoms in total. The highest BCUT2D eigenvalue weighted by Crippen LogP contribution is 2.55. The number of hydrogen-bond donors (Lipinski definition) is 0. The Labute approximate surface area is 199 Å². The summed E-state index contributed by atoms with van der Waals surface area (Å²) in [5, 5.41) is 20.7. The number of rotatable bonds is 3. The molecule has 33 heavy (non-hydrogen) atoms. The number of carbonyl (C=O) groups is 1. The van der Waals surface area contributed by atoms with Crippen LogP contribution in [0.25, 0.3) is 6.08 Å². The van der Waals surface area contributed by atoms with Gasteiger partial charge in [0, 0.05) is 21.6 Å². The van der Waals surface area contributed by atoms with Gasteiger partial charge in [-0.2, -0.15) is 10.5 Å². The maximum Gasteiger partial charge on any atom is 0.185 e. The molecular formula is C27H17BrFN3O. The first-order chi connectivity index (χ1) is 16.0. The van der Waals surface area contributed by atoms with Crippen molar-refractivity contribution >= 4 is 33.5 Å². The minimum atomic E-state index is -1.54. The molecular weight excluding hydrogens is 481 g/mol. The third kappa shape index (κ3) is 3.18. The van der Waals surface area contributed by atoms with Crippen molar-refractivity contribution in [2.75, 3.05) is 4.90 Å². The maximum atomic E-state index is 14.0. The predicted molar refractivity (Wildman–Crippen MR) is 127 cm³/mol. The second kappa shape index (κ2) is 7.99. The zero-order chi connectivity index (χ0) is 23.2. The molecule has 0 saturated carbocycles. The van der Waals surface area contributed by atoms with Crippen molar-refractivity contribution in [3.63, 3.8) is 0 Å². The van der Waals surface area contributed by atoms with E-state index in [2.05, 4.69) is 28.1 Å². The van der Waals surface area contributed by atoms with Crippen molar-refractivity contribution in [3.05, 3.63) is 106 Å². The van der Waals surface area contributed by atoms with Crippen molar-refractivity contribution in [2.24, 2.45) is 5.41 Å². The average Bonchev–Trinajstić information content (AvgIpc) is 3.15. The standard InChI is InChI=1S/C27H17BrFN3O/c28-20-10-5-19(6-11-20)26(33)25-24(18-7-12-21(29)13-8-18)27(15-30,16-31)23-14-9-17-3-1-2-4-22(17)32(23)25/h1-14,23-25H/t23-,24+,25-/m1/s1. The highest BCUT2D eigenvalue weighted by atomic mass is 79.9. The average molecular weight is 498 g/mol. The molecule has 1 saturated heterocycles. The Morgan fingerprint density at radius 1 is 0.970 bits per heavy atom. The molecule has 0 spiro atoms. The minimum Gasteiger partial charge on any atom is -0.351 e. The molecule has 1 fully saturated rings. The van der Waals surface area contributed by atoms with E-state index in [-0.39, 0.29) is 5.78 Å². The number of ketones is 1. The van der Waals surface area contributed by atoms with E-state index >= 15 is 0 Å². The van der Waals surface area contributed by atoms with E-state index in [0.717, 1.165) is 15.7 Å².